The Kier molecular flexibility index (Phi) is 10.4. The summed E-state index contributed by atoms with van der Waals surface area (Å²) >= 11 is 0. The maximum atomic E-state index is 13.2. The molecule has 0 bridgehead atoms. The number of alkyl halides is 18. The quantitative estimate of drug-likeness (QED) is 0.198. The molecule has 0 fully saturated rings. The van der Waals surface area contributed by atoms with Crippen molar-refractivity contribution in [2.24, 2.45) is 0 Å². The van der Waals surface area contributed by atoms with Crippen LogP contribution in [0.2, 0.25) is 0 Å². The van der Waals surface area contributed by atoms with Crippen LogP contribution in [0.4, 0.5) is 79.0 Å². The topological polar surface area (TPSA) is 38.7 Å². The third kappa shape index (κ3) is 6.93. The summed E-state index contributed by atoms with van der Waals surface area (Å²) in [6.45, 7) is -5.92. The lowest BCUT2D eigenvalue weighted by Crippen LogP contribution is -2.61. The number of hydrogen-bond acceptors (Lipinski definition) is 3. The molecule has 0 unspecified atom stereocenters. The Morgan fingerprint density at radius 3 is 0.917 bits per heavy atom. The van der Waals surface area contributed by atoms with E-state index in [-0.39, 0.29) is 0 Å². The first-order chi connectivity index (χ1) is 15.6. The van der Waals surface area contributed by atoms with Gasteiger partial charge in [0.2, 0.25) is 0 Å². The minimum Gasteiger partial charge on any atom is -0.388 e. The Labute approximate surface area is 188 Å². The van der Waals surface area contributed by atoms with Gasteiger partial charge in [0, 0.05) is 12.8 Å². The number of halogens is 18. The van der Waals surface area contributed by atoms with Crippen molar-refractivity contribution in [1.29, 1.82) is 0 Å². The fourth-order valence-corrected chi connectivity index (χ4v) is 2.02. The molecule has 0 radical (unpaired) electrons. The van der Waals surface area contributed by atoms with E-state index in [9.17, 15) is 84.1 Å². The number of ether oxygens (including phenoxy) is 2. The highest BCUT2D eigenvalue weighted by atomic mass is 19.4. The second kappa shape index (κ2) is 10.8. The van der Waals surface area contributed by atoms with Crippen molar-refractivity contribution in [2.45, 2.75) is 66.8 Å². The summed E-state index contributed by atoms with van der Waals surface area (Å²) in [4.78, 5) is 0. The molecule has 0 aromatic carbocycles. The molecule has 0 aliphatic rings. The van der Waals surface area contributed by atoms with Crippen molar-refractivity contribution in [1.82, 2.24) is 0 Å². The zero-order chi connectivity index (χ0) is 29.2. The molecule has 0 rings (SSSR count). The van der Waals surface area contributed by atoms with E-state index in [1.54, 1.807) is 0 Å². The van der Waals surface area contributed by atoms with Gasteiger partial charge in [0.1, 0.15) is 6.10 Å². The van der Waals surface area contributed by atoms with Gasteiger partial charge in [0.05, 0.1) is 26.4 Å². The van der Waals surface area contributed by atoms with Gasteiger partial charge in [-0.25, -0.2) is 0 Å². The van der Waals surface area contributed by atoms with E-state index in [1.807, 2.05) is 0 Å². The first kappa shape index (κ1) is 34.6. The van der Waals surface area contributed by atoms with Gasteiger partial charge in [-0.3, -0.25) is 0 Å². The zero-order valence-corrected chi connectivity index (χ0v) is 16.9. The van der Waals surface area contributed by atoms with Crippen LogP contribution in [0.15, 0.2) is 0 Å². The van der Waals surface area contributed by atoms with Crippen LogP contribution in [0.3, 0.4) is 0 Å². The first-order valence-electron chi connectivity index (χ1n) is 8.84. The SMILES string of the molecule is OC(COCCC(F)(F)C(F)(F)C(F)(F)C(F)(F)F)COCCC(F)(F)C(F)(F)C(F)(F)C(F)(F)F. The molecular formula is C15H14F18O3. The highest BCUT2D eigenvalue weighted by Crippen LogP contribution is 2.55. The fraction of sp³-hybridized carbons (Fsp3) is 1.00. The standard InChI is InChI=1S/C15H14F18O3/c16-8(17,10(20,21)12(24,25)14(28,29)30)1-3-35-5-7(34)6-36-4-2-9(18,19)11(22,23)13(26,27)15(31,32)33/h7,34H,1-6H2. The smallest absolute Gasteiger partial charge is 0.388 e. The third-order valence-electron chi connectivity index (χ3n) is 4.16. The van der Waals surface area contributed by atoms with Gasteiger partial charge in [-0.05, 0) is 0 Å². The number of aliphatic hydroxyl groups excluding tert-OH is 1. The number of rotatable bonds is 14. The second-order valence-electron chi connectivity index (χ2n) is 7.01. The maximum absolute atomic E-state index is 13.2. The van der Waals surface area contributed by atoms with Gasteiger partial charge in [0.25, 0.3) is 0 Å². The summed E-state index contributed by atoms with van der Waals surface area (Å²) in [6.07, 6.45) is -21.1. The minimum absolute atomic E-state index is 1.27. The van der Waals surface area contributed by atoms with E-state index in [0.29, 0.717) is 0 Å². The van der Waals surface area contributed by atoms with E-state index in [4.69, 9.17) is 0 Å². The summed E-state index contributed by atoms with van der Waals surface area (Å²) in [7, 11) is 0. The maximum Gasteiger partial charge on any atom is 0.460 e. The van der Waals surface area contributed by atoms with E-state index in [0.717, 1.165) is 0 Å². The van der Waals surface area contributed by atoms with Gasteiger partial charge < -0.3 is 14.6 Å². The molecule has 36 heavy (non-hydrogen) atoms. The van der Waals surface area contributed by atoms with Gasteiger partial charge in [0.15, 0.2) is 0 Å². The lowest BCUT2D eigenvalue weighted by atomic mass is 10.0. The van der Waals surface area contributed by atoms with Crippen LogP contribution < -0.4 is 0 Å². The van der Waals surface area contributed by atoms with Crippen molar-refractivity contribution in [3.05, 3.63) is 0 Å². The molecule has 0 aromatic heterocycles. The van der Waals surface area contributed by atoms with Crippen LogP contribution in [-0.4, -0.2) is 85.5 Å². The average Bonchev–Trinajstić information content (AvgIpc) is 2.66. The highest BCUT2D eigenvalue weighted by Gasteiger charge is 2.82. The molecule has 218 valence electrons. The number of aliphatic hydroxyl groups is 1. The van der Waals surface area contributed by atoms with Gasteiger partial charge in [-0.2, -0.15) is 79.0 Å². The lowest BCUT2D eigenvalue weighted by Gasteiger charge is -2.33. The highest BCUT2D eigenvalue weighted by molar-refractivity contribution is 5.01. The molecule has 0 aliphatic heterocycles. The van der Waals surface area contributed by atoms with Crippen LogP contribution in [0.25, 0.3) is 0 Å². The Hall–Kier alpha value is -1.38. The summed E-state index contributed by atoms with van der Waals surface area (Å²) in [5, 5.41) is 9.24. The predicted octanol–water partition coefficient (Wildman–Crippen LogP) is 6.10. The molecule has 3 nitrogen and oxygen atoms in total. The van der Waals surface area contributed by atoms with Crippen molar-refractivity contribution >= 4 is 0 Å². The van der Waals surface area contributed by atoms with E-state index in [1.165, 1.54) is 0 Å². The Morgan fingerprint density at radius 1 is 0.444 bits per heavy atom. The molecule has 0 saturated carbocycles. The van der Waals surface area contributed by atoms with Crippen LogP contribution in [0, 0.1) is 0 Å². The van der Waals surface area contributed by atoms with Gasteiger partial charge in [-0.1, -0.05) is 0 Å². The summed E-state index contributed by atoms with van der Waals surface area (Å²) in [5.74, 6) is -40.2. The Morgan fingerprint density at radius 2 is 0.694 bits per heavy atom. The van der Waals surface area contributed by atoms with E-state index < -0.39 is 93.3 Å². The van der Waals surface area contributed by atoms with E-state index in [2.05, 4.69) is 9.47 Å². The summed E-state index contributed by atoms with van der Waals surface area (Å²) in [5.41, 5.74) is 0. The molecule has 0 aliphatic carbocycles. The average molecular weight is 584 g/mol. The van der Waals surface area contributed by atoms with Crippen molar-refractivity contribution < 1.29 is 93.6 Å². The van der Waals surface area contributed by atoms with Crippen LogP contribution in [-0.2, 0) is 9.47 Å². The molecule has 1 N–H and O–H groups in total. The molecule has 0 saturated heterocycles. The van der Waals surface area contributed by atoms with Crippen LogP contribution in [0.1, 0.15) is 12.8 Å². The summed E-state index contributed by atoms with van der Waals surface area (Å²) < 4.78 is 235. The van der Waals surface area contributed by atoms with Gasteiger partial charge >= 0.3 is 47.9 Å². The fourth-order valence-electron chi connectivity index (χ4n) is 2.02. The summed E-state index contributed by atoms with van der Waals surface area (Å²) in [6, 6.07) is 0. The van der Waals surface area contributed by atoms with Crippen LogP contribution in [0.5, 0.6) is 0 Å². The molecule has 21 heteroatoms. The molecule has 0 amide bonds. The predicted molar refractivity (Wildman–Crippen MR) is 78.7 cm³/mol. The lowest BCUT2D eigenvalue weighted by molar-refractivity contribution is -0.397. The molecule has 0 aromatic rings. The van der Waals surface area contributed by atoms with Crippen LogP contribution >= 0.6 is 0 Å². The molecule has 0 heterocycles. The second-order valence-corrected chi connectivity index (χ2v) is 7.01. The van der Waals surface area contributed by atoms with E-state index >= 15 is 0 Å². The van der Waals surface area contributed by atoms with Crippen molar-refractivity contribution in [3.8, 4) is 0 Å². The molecule has 0 atom stereocenters. The monoisotopic (exact) mass is 584 g/mol. The van der Waals surface area contributed by atoms with Gasteiger partial charge in [-0.15, -0.1) is 0 Å². The van der Waals surface area contributed by atoms with Crippen molar-refractivity contribution in [2.75, 3.05) is 26.4 Å². The first-order valence-corrected chi connectivity index (χ1v) is 8.84. The number of hydrogen-bond donors (Lipinski definition) is 1. The molecular weight excluding hydrogens is 570 g/mol. The normalized spacial score (nSPS) is 15.7. The molecule has 0 spiro atoms. The zero-order valence-electron chi connectivity index (χ0n) is 16.9. The third-order valence-corrected chi connectivity index (χ3v) is 4.16. The van der Waals surface area contributed by atoms with Crippen molar-refractivity contribution in [3.63, 3.8) is 0 Å². The Balaban J connectivity index is 4.69. The minimum atomic E-state index is -7.15. The largest absolute Gasteiger partial charge is 0.460 e. The Bertz CT molecular complexity index is 641.